The van der Waals surface area contributed by atoms with Crippen LogP contribution in [0.3, 0.4) is 0 Å². The van der Waals surface area contributed by atoms with Crippen LogP contribution in [0.2, 0.25) is 0 Å². The van der Waals surface area contributed by atoms with Gasteiger partial charge in [0.25, 0.3) is 0 Å². The van der Waals surface area contributed by atoms with Crippen molar-refractivity contribution in [2.45, 2.75) is 0 Å². The molecule has 28 rings (SSSR count). The lowest BCUT2D eigenvalue weighted by atomic mass is 9.88. The van der Waals surface area contributed by atoms with Gasteiger partial charge in [0.05, 0.1) is 78.3 Å². The standard InChI is InChI=1S/C62H36N4.C60H34N4/c1-2-13-46-44(11-1)45-12-3-4-14-47(45)53-36-43(21-27-48(46)53)56-30-25-41-34-39(23-28-54(41)64-56)40-24-29-55-42(35-40)26-32-57(65-55)59-49-15-5-7-17-51(49)60(52-18-8-6-16-50(52)59)58-31-22-38-20-19-37-10-9-33-63-61(37)62(38)66-58;1-3-12-47-45(10-1)57(46-11-2-4-13-48(46)58(47)54-30-20-39-17-16-38-9-6-32-61-59(38)60(39)64-54)53-31-24-43-34-41(22-28-51(43)63-53)40-21-27-50-42(33-40)23-29-52(62-50)44-25-18-37-15-14-35-7-5-8-36-19-26-49(44)56(37)55(35)36/h1-36H;1-34H. The predicted molar refractivity (Wildman–Crippen MR) is 545 cm³/mol. The Morgan fingerprint density at radius 3 is 0.831 bits per heavy atom. The van der Waals surface area contributed by atoms with Crippen molar-refractivity contribution in [3.63, 3.8) is 0 Å². The van der Waals surface area contributed by atoms with Gasteiger partial charge < -0.3 is 0 Å². The number of benzene rings is 20. The molecule has 0 aliphatic carbocycles. The topological polar surface area (TPSA) is 103 Å². The molecule has 8 heterocycles. The largest absolute Gasteiger partial charge is 0.254 e. The molecule has 0 N–H and O–H groups in total. The summed E-state index contributed by atoms with van der Waals surface area (Å²) in [5, 5.41) is 33.1. The Kier molecular flexibility index (Phi) is 16.3. The molecule has 0 radical (unpaired) electrons. The Balaban J connectivity index is 0.000000134. The van der Waals surface area contributed by atoms with Crippen LogP contribution >= 0.6 is 0 Å². The zero-order chi connectivity index (χ0) is 85.2. The lowest BCUT2D eigenvalue weighted by Crippen LogP contribution is -1.95. The first-order chi connectivity index (χ1) is 64.4. The molecular weight excluding hydrogens is 1580 g/mol. The van der Waals surface area contributed by atoms with E-state index < -0.39 is 0 Å². The molecule has 20 aromatic carbocycles. The highest BCUT2D eigenvalue weighted by Crippen LogP contribution is 2.49. The highest BCUT2D eigenvalue weighted by atomic mass is 14.8. The highest BCUT2D eigenvalue weighted by Gasteiger charge is 2.24. The second-order valence-corrected chi connectivity index (χ2v) is 34.2. The van der Waals surface area contributed by atoms with Crippen molar-refractivity contribution in [2.24, 2.45) is 0 Å². The SMILES string of the molecule is c1cnc2c(c1)ccc1ccc(-c3c4ccccc4c(-c4ccc5cc(-c6ccc7nc(-c8ccc9c%10ccccc%10c%10ccccc%10c9c8)ccc7c6)ccc5n4)c4ccccc34)nc12.c1cnc2c(c1)ccc1ccc(-c3c4ccccc4c(-c4ccc5cc(-c6ccc7nc(-c8ccc9ccc%10cccc%11ccc8c9c%10%11)ccc7c6)ccc5n4)c4ccccc34)nc12. The summed E-state index contributed by atoms with van der Waals surface area (Å²) in [6, 6.07) is 148. The molecule has 130 heavy (non-hydrogen) atoms. The van der Waals surface area contributed by atoms with Crippen molar-refractivity contribution in [1.82, 2.24) is 39.9 Å². The summed E-state index contributed by atoms with van der Waals surface area (Å²) in [5.41, 5.74) is 24.5. The number of hydrogen-bond acceptors (Lipinski definition) is 8. The summed E-state index contributed by atoms with van der Waals surface area (Å²) in [5.74, 6) is 0. The molecule has 28 aromatic rings. The lowest BCUT2D eigenvalue weighted by Gasteiger charge is -2.17. The van der Waals surface area contributed by atoms with E-state index in [1.54, 1.807) is 0 Å². The van der Waals surface area contributed by atoms with Gasteiger partial charge in [0.1, 0.15) is 0 Å². The molecule has 8 nitrogen and oxygen atoms in total. The molecule has 8 heteroatoms. The van der Waals surface area contributed by atoms with Crippen molar-refractivity contribution in [3.8, 4) is 89.8 Å². The molecule has 0 fully saturated rings. The summed E-state index contributed by atoms with van der Waals surface area (Å²) in [7, 11) is 0. The van der Waals surface area contributed by atoms with E-state index in [0.717, 1.165) is 220 Å². The maximum absolute atomic E-state index is 5.36. The van der Waals surface area contributed by atoms with Crippen LogP contribution in [0.15, 0.2) is 425 Å². The fourth-order valence-electron chi connectivity index (χ4n) is 20.9. The molecule has 0 spiro atoms. The summed E-state index contributed by atoms with van der Waals surface area (Å²) in [6.45, 7) is 0. The van der Waals surface area contributed by atoms with Gasteiger partial charge in [0, 0.05) is 88.9 Å². The number of aromatic nitrogens is 8. The summed E-state index contributed by atoms with van der Waals surface area (Å²) in [4.78, 5) is 41.3. The average Bonchev–Trinajstić information content (AvgIpc) is 0.719. The molecule has 0 atom stereocenters. The Morgan fingerprint density at radius 2 is 0.415 bits per heavy atom. The van der Waals surface area contributed by atoms with Crippen molar-refractivity contribution in [2.75, 3.05) is 0 Å². The van der Waals surface area contributed by atoms with Crippen molar-refractivity contribution in [1.29, 1.82) is 0 Å². The molecule has 0 saturated heterocycles. The van der Waals surface area contributed by atoms with Gasteiger partial charge in [-0.15, -0.1) is 0 Å². The van der Waals surface area contributed by atoms with E-state index in [1.165, 1.54) is 64.6 Å². The quantitative estimate of drug-likeness (QED) is 0.109. The highest BCUT2D eigenvalue weighted by molar-refractivity contribution is 6.29. The van der Waals surface area contributed by atoms with E-state index >= 15 is 0 Å². The molecule has 0 aliphatic heterocycles. The van der Waals surface area contributed by atoms with Crippen LogP contribution in [0, 0.1) is 0 Å². The maximum Gasteiger partial charge on any atom is 0.0972 e. The van der Waals surface area contributed by atoms with Crippen LogP contribution < -0.4 is 0 Å². The van der Waals surface area contributed by atoms with Gasteiger partial charge in [-0.05, 0) is 233 Å². The van der Waals surface area contributed by atoms with E-state index in [9.17, 15) is 0 Å². The van der Waals surface area contributed by atoms with Gasteiger partial charge in [0.15, 0.2) is 0 Å². The van der Waals surface area contributed by atoms with E-state index in [2.05, 4.69) is 400 Å². The van der Waals surface area contributed by atoms with Gasteiger partial charge in [-0.2, -0.15) is 0 Å². The number of hydrogen-bond donors (Lipinski definition) is 0. The minimum Gasteiger partial charge on any atom is -0.254 e. The summed E-state index contributed by atoms with van der Waals surface area (Å²) >= 11 is 0. The molecular formula is C122H70N8. The minimum atomic E-state index is 0.910. The number of nitrogens with zero attached hydrogens (tertiary/aromatic N) is 8. The van der Waals surface area contributed by atoms with Gasteiger partial charge in [0.2, 0.25) is 0 Å². The van der Waals surface area contributed by atoms with Crippen molar-refractivity contribution < 1.29 is 0 Å². The van der Waals surface area contributed by atoms with Gasteiger partial charge >= 0.3 is 0 Å². The number of rotatable bonds is 8. The first kappa shape index (κ1) is 72.9. The molecule has 0 amide bonds. The van der Waals surface area contributed by atoms with Crippen molar-refractivity contribution in [3.05, 3.63) is 425 Å². The summed E-state index contributed by atoms with van der Waals surface area (Å²) < 4.78 is 0. The second kappa shape index (κ2) is 29.1. The van der Waals surface area contributed by atoms with E-state index in [-0.39, 0.29) is 0 Å². The molecule has 0 unspecified atom stereocenters. The van der Waals surface area contributed by atoms with Gasteiger partial charge in [-0.1, -0.05) is 309 Å². The van der Waals surface area contributed by atoms with Crippen LogP contribution in [0.4, 0.5) is 0 Å². The molecule has 8 aromatic heterocycles. The van der Waals surface area contributed by atoms with E-state index in [4.69, 9.17) is 39.9 Å². The van der Waals surface area contributed by atoms with Crippen LogP contribution in [0.5, 0.6) is 0 Å². The van der Waals surface area contributed by atoms with E-state index in [1.807, 2.05) is 24.5 Å². The Labute approximate surface area is 744 Å². The Bertz CT molecular complexity index is 9580. The Hall–Kier alpha value is -17.5. The fraction of sp³-hybridized carbons (Fsp3) is 0. The first-order valence-electron chi connectivity index (χ1n) is 44.2. The smallest absolute Gasteiger partial charge is 0.0972 e. The van der Waals surface area contributed by atoms with Crippen LogP contribution in [-0.4, -0.2) is 39.9 Å². The third-order valence-corrected chi connectivity index (χ3v) is 27.0. The first-order valence-corrected chi connectivity index (χ1v) is 44.2. The fourth-order valence-corrected chi connectivity index (χ4v) is 20.9. The van der Waals surface area contributed by atoms with Crippen LogP contribution in [-0.2, 0) is 0 Å². The normalized spacial score (nSPS) is 12.0. The minimum absolute atomic E-state index is 0.910. The van der Waals surface area contributed by atoms with E-state index in [0.29, 0.717) is 0 Å². The molecule has 0 bridgehead atoms. The second-order valence-electron chi connectivity index (χ2n) is 34.2. The average molecular weight is 1650 g/mol. The maximum atomic E-state index is 5.36. The van der Waals surface area contributed by atoms with Crippen LogP contribution in [0.1, 0.15) is 0 Å². The van der Waals surface area contributed by atoms with Gasteiger partial charge in [-0.25, -0.2) is 29.9 Å². The molecule has 598 valence electrons. The Morgan fingerprint density at radius 1 is 0.138 bits per heavy atom. The molecule has 0 saturated carbocycles. The third-order valence-electron chi connectivity index (χ3n) is 27.0. The predicted octanol–water partition coefficient (Wildman–Crippen LogP) is 32.1. The summed E-state index contributed by atoms with van der Waals surface area (Å²) in [6.07, 6.45) is 3.69. The van der Waals surface area contributed by atoms with Crippen molar-refractivity contribution >= 4 is 195 Å². The van der Waals surface area contributed by atoms with Crippen LogP contribution in [0.25, 0.3) is 285 Å². The third kappa shape index (κ3) is 11.7. The zero-order valence-corrected chi connectivity index (χ0v) is 70.0. The lowest BCUT2D eigenvalue weighted by molar-refractivity contribution is 1.38. The molecule has 0 aliphatic rings. The number of pyridine rings is 8. The monoisotopic (exact) mass is 1650 g/mol. The zero-order valence-electron chi connectivity index (χ0n) is 70.0. The number of fused-ring (bicyclic) bond motifs is 20. The van der Waals surface area contributed by atoms with Gasteiger partial charge in [-0.3, -0.25) is 9.97 Å².